The van der Waals surface area contributed by atoms with Crippen LogP contribution in [-0.2, 0) is 13.6 Å². The molecule has 0 aliphatic heterocycles. The van der Waals surface area contributed by atoms with E-state index in [1.54, 1.807) is 0 Å². The molecule has 0 saturated carbocycles. The van der Waals surface area contributed by atoms with Gasteiger partial charge in [0.05, 0.1) is 41.3 Å². The number of quaternary nitrogens is 2. The average molecular weight is 562 g/mol. The highest BCUT2D eigenvalue weighted by Gasteiger charge is 2.25. The second kappa shape index (κ2) is 25.9. The quantitative estimate of drug-likeness (QED) is 0.0497. The Kier molecular flexibility index (Phi) is 25.8. The smallest absolute Gasteiger partial charge is 0.326 e. The maximum absolute atomic E-state index is 12.2. The zero-order valence-corrected chi connectivity index (χ0v) is 27.8. The lowest BCUT2D eigenvalue weighted by molar-refractivity contribution is -0.890. The normalized spacial score (nSPS) is 12.4. The first-order valence-corrected chi connectivity index (χ1v) is 17.7. The van der Waals surface area contributed by atoms with Crippen LogP contribution in [0.15, 0.2) is 0 Å². The third kappa shape index (κ3) is 27.5. The summed E-state index contributed by atoms with van der Waals surface area (Å²) in [4.78, 5) is 0. The minimum Gasteiger partial charge on any atom is -0.326 e. The molecule has 0 radical (unpaired) electrons. The van der Waals surface area contributed by atoms with Crippen molar-refractivity contribution in [3.8, 4) is 0 Å². The molecule has 0 aliphatic carbocycles. The highest BCUT2D eigenvalue weighted by Crippen LogP contribution is 2.24. The highest BCUT2D eigenvalue weighted by molar-refractivity contribution is 7.33. The van der Waals surface area contributed by atoms with Gasteiger partial charge in [-0.25, -0.2) is 0 Å². The van der Waals surface area contributed by atoms with Crippen LogP contribution in [-0.4, -0.2) is 76.5 Å². The van der Waals surface area contributed by atoms with Crippen LogP contribution in [0.1, 0.15) is 142 Å². The molecule has 0 amide bonds. The van der Waals surface area contributed by atoms with Crippen LogP contribution in [0.25, 0.3) is 0 Å². The summed E-state index contributed by atoms with van der Waals surface area (Å²) in [5, 5.41) is 0. The number of unbranched alkanes of at least 4 members (excludes halogenated alkanes) is 18. The predicted molar refractivity (Wildman–Crippen MR) is 167 cm³/mol. The van der Waals surface area contributed by atoms with Gasteiger partial charge in [0.2, 0.25) is 0 Å². The molecule has 6 heteroatoms. The number of hydrogen-bond donors (Lipinski definition) is 0. The minimum atomic E-state index is -2.01. The third-order valence-electron chi connectivity index (χ3n) is 8.02. The minimum absolute atomic E-state index is 0.497. The Bertz CT molecular complexity index is 485. The summed E-state index contributed by atoms with van der Waals surface area (Å²) in [6.45, 7) is 9.62. The standard InChI is InChI=1S/C32H70N2O3P/c1-7-9-11-13-15-17-19-21-23-25-27-33(3,4)29-31-36-38(35)37-32-30-34(5,6)28-26-24-22-20-18-16-14-12-10-8-2/h7-32H2,1-6H3/q+3. The Hall–Kier alpha value is -0.0600. The van der Waals surface area contributed by atoms with Crippen LogP contribution in [0, 0.1) is 0 Å². The molecular weight excluding hydrogens is 491 g/mol. The van der Waals surface area contributed by atoms with Gasteiger partial charge in [-0.1, -0.05) is 117 Å². The fourth-order valence-corrected chi connectivity index (χ4v) is 5.58. The van der Waals surface area contributed by atoms with Gasteiger partial charge in [-0.05, 0) is 25.7 Å². The van der Waals surface area contributed by atoms with Crippen molar-refractivity contribution in [1.82, 2.24) is 0 Å². The Labute approximate surface area is 240 Å². The van der Waals surface area contributed by atoms with Crippen molar-refractivity contribution >= 4 is 8.25 Å². The summed E-state index contributed by atoms with van der Waals surface area (Å²) >= 11 is 0. The third-order valence-corrected chi connectivity index (χ3v) is 8.81. The Balaban J connectivity index is 3.66. The lowest BCUT2D eigenvalue weighted by Crippen LogP contribution is -2.43. The van der Waals surface area contributed by atoms with Crippen molar-refractivity contribution < 1.29 is 22.6 Å². The van der Waals surface area contributed by atoms with Crippen LogP contribution in [0.5, 0.6) is 0 Å². The molecule has 5 nitrogen and oxygen atoms in total. The maximum atomic E-state index is 12.2. The largest absolute Gasteiger partial charge is 0.697 e. The second-order valence-electron chi connectivity index (χ2n) is 13.0. The second-order valence-corrected chi connectivity index (χ2v) is 14.0. The van der Waals surface area contributed by atoms with E-state index in [0.29, 0.717) is 13.2 Å². The van der Waals surface area contributed by atoms with E-state index < -0.39 is 8.25 Å². The summed E-state index contributed by atoms with van der Waals surface area (Å²) < 4.78 is 25.1. The van der Waals surface area contributed by atoms with Crippen LogP contribution >= 0.6 is 8.25 Å². The first-order valence-electron chi connectivity index (χ1n) is 16.6. The average Bonchev–Trinajstić information content (AvgIpc) is 2.86. The van der Waals surface area contributed by atoms with Crippen molar-refractivity contribution in [1.29, 1.82) is 0 Å². The van der Waals surface area contributed by atoms with E-state index in [4.69, 9.17) is 9.05 Å². The predicted octanol–water partition coefficient (Wildman–Crippen LogP) is 9.67. The fourth-order valence-electron chi connectivity index (χ4n) is 5.04. The molecular formula is C32H70N2O3P+3. The number of nitrogens with zero attached hydrogens (tertiary/aromatic N) is 2. The molecule has 228 valence electrons. The summed E-state index contributed by atoms with van der Waals surface area (Å²) in [7, 11) is 6.98. The molecule has 0 spiro atoms. The first-order chi connectivity index (χ1) is 18.2. The monoisotopic (exact) mass is 562 g/mol. The summed E-state index contributed by atoms with van der Waals surface area (Å²) in [5.74, 6) is 0. The zero-order valence-electron chi connectivity index (χ0n) is 27.0. The topological polar surface area (TPSA) is 35.5 Å². The van der Waals surface area contributed by atoms with E-state index in [2.05, 4.69) is 42.0 Å². The van der Waals surface area contributed by atoms with Crippen molar-refractivity contribution in [2.45, 2.75) is 142 Å². The Morgan fingerprint density at radius 2 is 0.684 bits per heavy atom. The molecule has 0 aromatic carbocycles. The number of hydrogen-bond acceptors (Lipinski definition) is 3. The van der Waals surface area contributed by atoms with Gasteiger partial charge in [0.1, 0.15) is 13.1 Å². The van der Waals surface area contributed by atoms with Gasteiger partial charge in [0.25, 0.3) is 0 Å². The number of rotatable bonds is 30. The lowest BCUT2D eigenvalue weighted by Gasteiger charge is -2.29. The van der Waals surface area contributed by atoms with E-state index in [1.807, 2.05) is 0 Å². The van der Waals surface area contributed by atoms with E-state index in [9.17, 15) is 4.57 Å². The van der Waals surface area contributed by atoms with Gasteiger partial charge in [-0.3, -0.25) is 0 Å². The Morgan fingerprint density at radius 3 is 0.974 bits per heavy atom. The zero-order chi connectivity index (χ0) is 28.4. The molecule has 0 heterocycles. The van der Waals surface area contributed by atoms with E-state index >= 15 is 0 Å². The van der Waals surface area contributed by atoms with Crippen molar-refractivity contribution in [2.24, 2.45) is 0 Å². The summed E-state index contributed by atoms with van der Waals surface area (Å²) in [6.07, 6.45) is 27.4. The van der Waals surface area contributed by atoms with Crippen molar-refractivity contribution in [3.05, 3.63) is 0 Å². The van der Waals surface area contributed by atoms with Crippen molar-refractivity contribution in [2.75, 3.05) is 67.6 Å². The maximum Gasteiger partial charge on any atom is 0.697 e. The molecule has 0 fully saturated rings. The molecule has 0 aliphatic rings. The molecule has 0 N–H and O–H groups in total. The highest BCUT2D eigenvalue weighted by atomic mass is 31.1. The van der Waals surface area contributed by atoms with Gasteiger partial charge in [0, 0.05) is 4.57 Å². The van der Waals surface area contributed by atoms with Gasteiger partial charge in [0.15, 0.2) is 13.2 Å². The van der Waals surface area contributed by atoms with Crippen LogP contribution in [0.4, 0.5) is 0 Å². The molecule has 0 rings (SSSR count). The molecule has 0 saturated heterocycles. The molecule has 0 bridgehead atoms. The first kappa shape index (κ1) is 37.9. The van der Waals surface area contributed by atoms with Crippen LogP contribution in [0.3, 0.4) is 0 Å². The Morgan fingerprint density at radius 1 is 0.421 bits per heavy atom. The van der Waals surface area contributed by atoms with E-state index in [1.165, 1.54) is 128 Å². The summed E-state index contributed by atoms with van der Waals surface area (Å²) in [5.41, 5.74) is 0. The molecule has 38 heavy (non-hydrogen) atoms. The van der Waals surface area contributed by atoms with Gasteiger partial charge < -0.3 is 8.97 Å². The van der Waals surface area contributed by atoms with Crippen molar-refractivity contribution in [3.63, 3.8) is 0 Å². The van der Waals surface area contributed by atoms with Gasteiger partial charge in [-0.15, -0.1) is 9.05 Å². The lowest BCUT2D eigenvalue weighted by atomic mass is 10.1. The van der Waals surface area contributed by atoms with Gasteiger partial charge in [-0.2, -0.15) is 0 Å². The van der Waals surface area contributed by atoms with E-state index in [0.717, 1.165) is 35.1 Å². The molecule has 0 aromatic heterocycles. The SMILES string of the molecule is CCCCCCCCCCCC[N+](C)(C)CCO[P+](=O)OCC[N+](C)(C)CCCCCCCCCCCC. The number of likely N-dealkylation sites (N-methyl/N-ethyl adjacent to an activating group) is 2. The van der Waals surface area contributed by atoms with Crippen LogP contribution < -0.4 is 0 Å². The molecule has 0 unspecified atom stereocenters. The van der Waals surface area contributed by atoms with Crippen LogP contribution in [0.2, 0.25) is 0 Å². The fraction of sp³-hybridized carbons (Fsp3) is 1.00. The van der Waals surface area contributed by atoms with E-state index in [-0.39, 0.29) is 0 Å². The molecule has 0 atom stereocenters. The van der Waals surface area contributed by atoms with Gasteiger partial charge >= 0.3 is 8.25 Å². The molecule has 0 aromatic rings. The summed E-state index contributed by atoms with van der Waals surface area (Å²) in [6, 6.07) is 0.